The van der Waals surface area contributed by atoms with Gasteiger partial charge in [-0.15, -0.1) is 0 Å². The van der Waals surface area contributed by atoms with E-state index in [1.807, 2.05) is 31.3 Å². The van der Waals surface area contributed by atoms with Crippen molar-refractivity contribution < 1.29 is 8.42 Å². The lowest BCUT2D eigenvalue weighted by Gasteiger charge is -2.25. The topological polar surface area (TPSA) is 95.2 Å². The fourth-order valence-corrected chi connectivity index (χ4v) is 5.43. The van der Waals surface area contributed by atoms with E-state index in [-0.39, 0.29) is 22.3 Å². The predicted molar refractivity (Wildman–Crippen MR) is 144 cm³/mol. The zero-order chi connectivity index (χ0) is 25.8. The SMILES string of the molecule is Cc1ccc(-c2cc(C(C)(C)C)c3ncc(N4CC(CNS(C)(=O)=O)C(C)(C)C4)cc3c2)c(=O)[nH]1. The number of nitrogens with one attached hydrogen (secondary N) is 2. The monoisotopic (exact) mass is 496 g/mol. The van der Waals surface area contributed by atoms with Crippen molar-refractivity contribution in [1.82, 2.24) is 14.7 Å². The number of hydrogen-bond donors (Lipinski definition) is 2. The summed E-state index contributed by atoms with van der Waals surface area (Å²) in [5, 5.41) is 0.986. The van der Waals surface area contributed by atoms with Crippen LogP contribution in [0.25, 0.3) is 22.0 Å². The van der Waals surface area contributed by atoms with Gasteiger partial charge in [-0.1, -0.05) is 34.6 Å². The van der Waals surface area contributed by atoms with Crippen molar-refractivity contribution in [2.75, 3.05) is 30.8 Å². The lowest BCUT2D eigenvalue weighted by Crippen LogP contribution is -2.35. The second-order valence-electron chi connectivity index (χ2n) is 11.6. The molecule has 0 amide bonds. The molecule has 0 saturated carbocycles. The Hall–Kier alpha value is -2.71. The Morgan fingerprint density at radius 3 is 2.54 bits per heavy atom. The first-order valence-corrected chi connectivity index (χ1v) is 13.9. The highest BCUT2D eigenvalue weighted by molar-refractivity contribution is 7.88. The summed E-state index contributed by atoms with van der Waals surface area (Å²) >= 11 is 0. The van der Waals surface area contributed by atoms with Crippen molar-refractivity contribution in [3.63, 3.8) is 0 Å². The quantitative estimate of drug-likeness (QED) is 0.552. The molecule has 1 aromatic carbocycles. The van der Waals surface area contributed by atoms with Crippen LogP contribution >= 0.6 is 0 Å². The lowest BCUT2D eigenvalue weighted by atomic mass is 9.82. The van der Waals surface area contributed by atoms with Gasteiger partial charge in [-0.2, -0.15) is 0 Å². The van der Waals surface area contributed by atoms with Crippen LogP contribution in [0.15, 0.2) is 41.3 Å². The molecule has 1 aliphatic rings. The first-order chi connectivity index (χ1) is 16.1. The molecule has 8 heteroatoms. The average Bonchev–Trinajstić information content (AvgIpc) is 3.04. The molecule has 3 aromatic rings. The third kappa shape index (κ3) is 5.43. The van der Waals surface area contributed by atoms with E-state index in [1.54, 1.807) is 0 Å². The number of nitrogens with zero attached hydrogens (tertiary/aromatic N) is 2. The molecule has 0 bridgehead atoms. The van der Waals surface area contributed by atoms with Crippen LogP contribution < -0.4 is 15.2 Å². The second kappa shape index (κ2) is 8.75. The highest BCUT2D eigenvalue weighted by Crippen LogP contribution is 2.39. The zero-order valence-corrected chi connectivity index (χ0v) is 22.5. The smallest absolute Gasteiger partial charge is 0.256 e. The maximum atomic E-state index is 12.7. The van der Waals surface area contributed by atoms with Gasteiger partial charge in [0.05, 0.1) is 23.7 Å². The second-order valence-corrected chi connectivity index (χ2v) is 13.4. The molecule has 7 nitrogen and oxygen atoms in total. The minimum absolute atomic E-state index is 0.0553. The van der Waals surface area contributed by atoms with E-state index in [4.69, 9.17) is 4.98 Å². The molecule has 0 radical (unpaired) electrons. The third-order valence-corrected chi connectivity index (χ3v) is 7.74. The van der Waals surface area contributed by atoms with Crippen LogP contribution in [0, 0.1) is 18.3 Å². The van der Waals surface area contributed by atoms with E-state index in [0.29, 0.717) is 12.1 Å². The number of rotatable bonds is 5. The van der Waals surface area contributed by atoms with Crippen LogP contribution in [-0.4, -0.2) is 44.3 Å². The van der Waals surface area contributed by atoms with E-state index in [0.717, 1.165) is 46.5 Å². The molecule has 1 atom stereocenters. The number of anilines is 1. The molecule has 2 aromatic heterocycles. The molecule has 1 unspecified atom stereocenters. The maximum absolute atomic E-state index is 12.7. The Balaban J connectivity index is 1.77. The van der Waals surface area contributed by atoms with Gasteiger partial charge in [0.25, 0.3) is 5.56 Å². The van der Waals surface area contributed by atoms with E-state index in [2.05, 4.69) is 61.4 Å². The third-order valence-electron chi connectivity index (χ3n) is 7.04. The summed E-state index contributed by atoms with van der Waals surface area (Å²) in [4.78, 5) is 22.8. The summed E-state index contributed by atoms with van der Waals surface area (Å²) in [6.45, 7) is 14.7. The van der Waals surface area contributed by atoms with Crippen molar-refractivity contribution in [2.24, 2.45) is 11.3 Å². The van der Waals surface area contributed by atoms with E-state index in [9.17, 15) is 13.2 Å². The van der Waals surface area contributed by atoms with E-state index in [1.165, 1.54) is 6.26 Å². The zero-order valence-electron chi connectivity index (χ0n) is 21.7. The normalized spacial score (nSPS) is 18.4. The Kier molecular flexibility index (Phi) is 6.34. The van der Waals surface area contributed by atoms with Crippen LogP contribution in [0.5, 0.6) is 0 Å². The fourth-order valence-electron chi connectivity index (χ4n) is 4.93. The van der Waals surface area contributed by atoms with E-state index >= 15 is 0 Å². The van der Waals surface area contributed by atoms with Gasteiger partial charge < -0.3 is 9.88 Å². The molecule has 0 spiro atoms. The van der Waals surface area contributed by atoms with Crippen LogP contribution in [0.1, 0.15) is 45.9 Å². The largest absolute Gasteiger partial charge is 0.369 e. The predicted octanol–water partition coefficient (Wildman–Crippen LogP) is 4.21. The number of benzene rings is 1. The number of H-pyrrole nitrogens is 1. The van der Waals surface area contributed by atoms with Crippen molar-refractivity contribution in [3.8, 4) is 11.1 Å². The molecule has 1 saturated heterocycles. The number of hydrogen-bond acceptors (Lipinski definition) is 5. The van der Waals surface area contributed by atoms with Crippen molar-refractivity contribution in [2.45, 2.75) is 47.0 Å². The Bertz CT molecular complexity index is 1440. The molecule has 35 heavy (non-hydrogen) atoms. The minimum Gasteiger partial charge on any atom is -0.369 e. The van der Waals surface area contributed by atoms with Crippen molar-refractivity contribution in [3.05, 3.63) is 58.1 Å². The molecule has 2 N–H and O–H groups in total. The highest BCUT2D eigenvalue weighted by atomic mass is 32.2. The molecule has 4 rings (SSSR count). The van der Waals surface area contributed by atoms with Crippen LogP contribution in [-0.2, 0) is 15.4 Å². The van der Waals surface area contributed by atoms with E-state index < -0.39 is 10.0 Å². The molecule has 3 heterocycles. The fraction of sp³-hybridized carbons (Fsp3) is 0.481. The number of aryl methyl sites for hydroxylation is 1. The van der Waals surface area contributed by atoms with Gasteiger partial charge in [-0.25, -0.2) is 13.1 Å². The highest BCUT2D eigenvalue weighted by Gasteiger charge is 2.39. The summed E-state index contributed by atoms with van der Waals surface area (Å²) < 4.78 is 26.0. The van der Waals surface area contributed by atoms with Gasteiger partial charge in [0, 0.05) is 36.3 Å². The maximum Gasteiger partial charge on any atom is 0.256 e. The number of sulfonamides is 1. The molecule has 1 fully saturated rings. The minimum atomic E-state index is -3.24. The lowest BCUT2D eigenvalue weighted by molar-refractivity contribution is 0.290. The average molecular weight is 497 g/mol. The summed E-state index contributed by atoms with van der Waals surface area (Å²) in [5.41, 5.74) is 5.06. The summed E-state index contributed by atoms with van der Waals surface area (Å²) in [6.07, 6.45) is 3.11. The van der Waals surface area contributed by atoms with Gasteiger partial charge in [0.15, 0.2) is 0 Å². The molecular formula is C27H36N4O3S. The Labute approximate surface area is 208 Å². The molecule has 1 aliphatic heterocycles. The standard InChI is InChI=1S/C27H36N4O3S/c1-17-8-9-22(25(32)30-17)18-10-19-11-21(14-28-24(19)23(12-18)26(2,3)4)31-15-20(27(5,6)16-31)13-29-35(7,33)34/h8-12,14,20,29H,13,15-16H2,1-7H3,(H,30,32). The van der Waals surface area contributed by atoms with Gasteiger partial charge in [-0.3, -0.25) is 9.78 Å². The first-order valence-electron chi connectivity index (χ1n) is 12.0. The molecule has 188 valence electrons. The van der Waals surface area contributed by atoms with Crippen LogP contribution in [0.2, 0.25) is 0 Å². The van der Waals surface area contributed by atoms with Crippen molar-refractivity contribution >= 4 is 26.6 Å². The Morgan fingerprint density at radius 2 is 1.91 bits per heavy atom. The number of fused-ring (bicyclic) bond motifs is 1. The molecular weight excluding hydrogens is 460 g/mol. The number of pyridine rings is 2. The summed E-state index contributed by atoms with van der Waals surface area (Å²) in [7, 11) is -3.24. The Morgan fingerprint density at radius 1 is 1.20 bits per heavy atom. The summed E-state index contributed by atoms with van der Waals surface area (Å²) in [6, 6.07) is 10.1. The van der Waals surface area contributed by atoms with Gasteiger partial charge in [0.2, 0.25) is 10.0 Å². The first kappa shape index (κ1) is 25.4. The van der Waals surface area contributed by atoms with Gasteiger partial charge >= 0.3 is 0 Å². The summed E-state index contributed by atoms with van der Waals surface area (Å²) in [5.74, 6) is 0.176. The van der Waals surface area contributed by atoms with Crippen LogP contribution in [0.3, 0.4) is 0 Å². The van der Waals surface area contributed by atoms with Crippen molar-refractivity contribution in [1.29, 1.82) is 0 Å². The molecule has 0 aliphatic carbocycles. The van der Waals surface area contributed by atoms with Gasteiger partial charge in [-0.05, 0) is 65.1 Å². The number of aromatic nitrogens is 2. The van der Waals surface area contributed by atoms with Gasteiger partial charge in [0.1, 0.15) is 0 Å². The van der Waals surface area contributed by atoms with Crippen LogP contribution in [0.4, 0.5) is 5.69 Å². The number of aromatic amines is 1.